The van der Waals surface area contributed by atoms with E-state index in [1.165, 1.54) is 4.90 Å². The molecule has 1 aromatic rings. The van der Waals surface area contributed by atoms with Crippen molar-refractivity contribution in [1.29, 1.82) is 0 Å². The largest absolute Gasteiger partial charge is 0.274 e. The standard InChI is InChI=1S/C17H16BrNO2/c1-2-9-8-12(18)5-6-13(9)19-16(20)14-10-3-4-11(7-10)15(14)17(19)21/h3-6,8,10-11,14-15H,2,7H2,1H3/t10-,11-,14-,15-/m0/s1. The van der Waals surface area contributed by atoms with Gasteiger partial charge in [0.1, 0.15) is 0 Å². The molecule has 3 nitrogen and oxygen atoms in total. The zero-order chi connectivity index (χ0) is 14.7. The summed E-state index contributed by atoms with van der Waals surface area (Å²) in [6, 6.07) is 5.78. The van der Waals surface area contributed by atoms with E-state index in [9.17, 15) is 9.59 Å². The van der Waals surface area contributed by atoms with Gasteiger partial charge in [-0.25, -0.2) is 4.90 Å². The van der Waals surface area contributed by atoms with Gasteiger partial charge in [-0.15, -0.1) is 0 Å². The van der Waals surface area contributed by atoms with Gasteiger partial charge in [0.15, 0.2) is 0 Å². The number of hydrogen-bond donors (Lipinski definition) is 0. The van der Waals surface area contributed by atoms with Crippen molar-refractivity contribution in [3.05, 3.63) is 40.4 Å². The smallest absolute Gasteiger partial charge is 0.238 e. The fraction of sp³-hybridized carbons (Fsp3) is 0.412. The zero-order valence-corrected chi connectivity index (χ0v) is 13.3. The SMILES string of the molecule is CCc1cc(Br)ccc1N1C(=O)[C@@H]2[C@@H](C1=O)[C@H]1C=C[C@H]2C1. The predicted octanol–water partition coefficient (Wildman–Crippen LogP) is 3.32. The van der Waals surface area contributed by atoms with E-state index in [4.69, 9.17) is 0 Å². The summed E-state index contributed by atoms with van der Waals surface area (Å²) >= 11 is 3.46. The maximum absolute atomic E-state index is 12.8. The fourth-order valence-electron chi connectivity index (χ4n) is 4.20. The van der Waals surface area contributed by atoms with Crippen LogP contribution in [-0.2, 0) is 16.0 Å². The third-order valence-corrected chi connectivity index (χ3v) is 5.63. The molecule has 2 fully saturated rings. The first-order valence-electron chi connectivity index (χ1n) is 7.46. The maximum atomic E-state index is 12.8. The molecule has 1 aromatic carbocycles. The second-order valence-corrected chi connectivity index (χ2v) is 7.05. The lowest BCUT2D eigenvalue weighted by atomic mass is 9.85. The number of halogens is 1. The Hall–Kier alpha value is -1.42. The van der Waals surface area contributed by atoms with E-state index in [-0.39, 0.29) is 35.5 Å². The third-order valence-electron chi connectivity index (χ3n) is 5.13. The van der Waals surface area contributed by atoms with E-state index >= 15 is 0 Å². The van der Waals surface area contributed by atoms with E-state index in [1.807, 2.05) is 25.1 Å². The third kappa shape index (κ3) is 1.71. The minimum atomic E-state index is -0.124. The monoisotopic (exact) mass is 345 g/mol. The number of carbonyl (C=O) groups is 2. The number of amides is 2. The summed E-state index contributed by atoms with van der Waals surface area (Å²) in [6.07, 6.45) is 6.03. The van der Waals surface area contributed by atoms with Crippen LogP contribution in [-0.4, -0.2) is 11.8 Å². The Morgan fingerprint density at radius 1 is 1.14 bits per heavy atom. The van der Waals surface area contributed by atoms with Crippen LogP contribution < -0.4 is 4.90 Å². The molecule has 0 radical (unpaired) electrons. The molecule has 4 atom stereocenters. The van der Waals surface area contributed by atoms with Gasteiger partial charge in [0.2, 0.25) is 11.8 Å². The highest BCUT2D eigenvalue weighted by atomic mass is 79.9. The van der Waals surface area contributed by atoms with Crippen molar-refractivity contribution < 1.29 is 9.59 Å². The average Bonchev–Trinajstić information content (AvgIpc) is 3.14. The Labute approximate surface area is 132 Å². The number of anilines is 1. The van der Waals surface area contributed by atoms with Gasteiger partial charge in [0.05, 0.1) is 17.5 Å². The molecule has 1 saturated heterocycles. The lowest BCUT2D eigenvalue weighted by Gasteiger charge is -2.20. The van der Waals surface area contributed by atoms with Gasteiger partial charge in [-0.1, -0.05) is 35.0 Å². The normalized spacial score (nSPS) is 33.1. The van der Waals surface area contributed by atoms with E-state index in [2.05, 4.69) is 28.1 Å². The van der Waals surface area contributed by atoms with Crippen LogP contribution in [0.1, 0.15) is 18.9 Å². The summed E-state index contributed by atoms with van der Waals surface area (Å²) in [5, 5.41) is 0. The topological polar surface area (TPSA) is 37.4 Å². The van der Waals surface area contributed by atoms with Crippen LogP contribution in [0.25, 0.3) is 0 Å². The molecule has 108 valence electrons. The Morgan fingerprint density at radius 3 is 2.33 bits per heavy atom. The zero-order valence-electron chi connectivity index (χ0n) is 11.8. The highest BCUT2D eigenvalue weighted by Gasteiger charge is 2.59. The highest BCUT2D eigenvalue weighted by molar-refractivity contribution is 9.10. The van der Waals surface area contributed by atoms with Crippen LogP contribution in [0.5, 0.6) is 0 Å². The minimum absolute atomic E-state index is 0.00104. The number of fused-ring (bicyclic) bond motifs is 5. The van der Waals surface area contributed by atoms with Crippen molar-refractivity contribution in [2.45, 2.75) is 19.8 Å². The van der Waals surface area contributed by atoms with Gasteiger partial charge in [-0.2, -0.15) is 0 Å². The molecule has 2 amide bonds. The summed E-state index contributed by atoms with van der Waals surface area (Å²) in [7, 11) is 0. The average molecular weight is 346 g/mol. The van der Waals surface area contributed by atoms with Gasteiger partial charge in [-0.05, 0) is 48.4 Å². The molecule has 21 heavy (non-hydrogen) atoms. The molecular weight excluding hydrogens is 330 g/mol. The van der Waals surface area contributed by atoms with Gasteiger partial charge >= 0.3 is 0 Å². The molecule has 2 bridgehead atoms. The van der Waals surface area contributed by atoms with Crippen LogP contribution in [0.2, 0.25) is 0 Å². The quantitative estimate of drug-likeness (QED) is 0.609. The van der Waals surface area contributed by atoms with Crippen LogP contribution in [0, 0.1) is 23.7 Å². The molecule has 1 heterocycles. The number of benzene rings is 1. The molecular formula is C17H16BrNO2. The summed E-state index contributed by atoms with van der Waals surface area (Å²) in [4.78, 5) is 27.1. The Balaban J connectivity index is 1.78. The second kappa shape index (κ2) is 4.54. The Morgan fingerprint density at radius 2 is 1.76 bits per heavy atom. The first kappa shape index (κ1) is 13.3. The van der Waals surface area contributed by atoms with Gasteiger partial charge in [0.25, 0.3) is 0 Å². The van der Waals surface area contributed by atoms with Crippen molar-refractivity contribution in [3.63, 3.8) is 0 Å². The lowest BCUT2D eigenvalue weighted by molar-refractivity contribution is -0.123. The maximum Gasteiger partial charge on any atom is 0.238 e. The number of imide groups is 1. The number of rotatable bonds is 2. The second-order valence-electron chi connectivity index (χ2n) is 6.14. The summed E-state index contributed by atoms with van der Waals surface area (Å²) in [5.74, 6) is 0.281. The van der Waals surface area contributed by atoms with Crippen molar-refractivity contribution in [2.75, 3.05) is 4.90 Å². The predicted molar refractivity (Wildman–Crippen MR) is 83.7 cm³/mol. The van der Waals surface area contributed by atoms with Crippen LogP contribution in [0.3, 0.4) is 0 Å². The molecule has 2 aliphatic carbocycles. The van der Waals surface area contributed by atoms with Crippen LogP contribution >= 0.6 is 15.9 Å². The summed E-state index contributed by atoms with van der Waals surface area (Å²) < 4.78 is 0.976. The molecule has 0 aromatic heterocycles. The minimum Gasteiger partial charge on any atom is -0.274 e. The Kier molecular flexibility index (Phi) is 2.86. The number of aryl methyl sites for hydroxylation is 1. The number of allylic oxidation sites excluding steroid dienone is 2. The molecule has 1 saturated carbocycles. The molecule has 0 unspecified atom stereocenters. The lowest BCUT2D eigenvalue weighted by Crippen LogP contribution is -2.33. The van der Waals surface area contributed by atoms with Gasteiger partial charge < -0.3 is 0 Å². The summed E-state index contributed by atoms with van der Waals surface area (Å²) in [5.41, 5.74) is 1.80. The molecule has 4 rings (SSSR count). The molecule has 3 aliphatic rings. The first-order chi connectivity index (χ1) is 10.1. The van der Waals surface area contributed by atoms with Gasteiger partial charge in [0, 0.05) is 4.47 Å². The van der Waals surface area contributed by atoms with E-state index in [0.717, 1.165) is 28.6 Å². The summed E-state index contributed by atoms with van der Waals surface area (Å²) in [6.45, 7) is 2.04. The fourth-order valence-corrected chi connectivity index (χ4v) is 4.60. The van der Waals surface area contributed by atoms with Crippen molar-refractivity contribution >= 4 is 33.4 Å². The highest BCUT2D eigenvalue weighted by Crippen LogP contribution is 2.53. The molecule has 4 heteroatoms. The molecule has 0 N–H and O–H groups in total. The molecule has 0 spiro atoms. The Bertz CT molecular complexity index is 651. The van der Waals surface area contributed by atoms with Gasteiger partial charge in [-0.3, -0.25) is 9.59 Å². The van der Waals surface area contributed by atoms with E-state index in [0.29, 0.717) is 0 Å². The van der Waals surface area contributed by atoms with Crippen molar-refractivity contribution in [3.8, 4) is 0 Å². The van der Waals surface area contributed by atoms with E-state index in [1.54, 1.807) is 0 Å². The van der Waals surface area contributed by atoms with Crippen molar-refractivity contribution in [2.24, 2.45) is 23.7 Å². The first-order valence-corrected chi connectivity index (χ1v) is 8.25. The van der Waals surface area contributed by atoms with Crippen LogP contribution in [0.15, 0.2) is 34.8 Å². The van der Waals surface area contributed by atoms with Crippen molar-refractivity contribution in [1.82, 2.24) is 0 Å². The number of nitrogens with zero attached hydrogens (tertiary/aromatic N) is 1. The van der Waals surface area contributed by atoms with E-state index < -0.39 is 0 Å². The van der Waals surface area contributed by atoms with Crippen LogP contribution in [0.4, 0.5) is 5.69 Å². The molecule has 1 aliphatic heterocycles. The number of carbonyl (C=O) groups excluding carboxylic acids is 2. The number of hydrogen-bond acceptors (Lipinski definition) is 2.